The van der Waals surface area contributed by atoms with E-state index in [0.29, 0.717) is 25.0 Å². The topological polar surface area (TPSA) is 38.7 Å². The number of para-hydroxylation sites is 1. The van der Waals surface area contributed by atoms with Crippen molar-refractivity contribution in [3.63, 3.8) is 0 Å². The summed E-state index contributed by atoms with van der Waals surface area (Å²) in [5.41, 5.74) is 0.946. The first kappa shape index (κ1) is 13.9. The Labute approximate surface area is 120 Å². The second-order valence-electron chi connectivity index (χ2n) is 6.16. The Balaban J connectivity index is 1.72. The highest BCUT2D eigenvalue weighted by Crippen LogP contribution is 2.53. The molecule has 20 heavy (non-hydrogen) atoms. The summed E-state index contributed by atoms with van der Waals surface area (Å²) >= 11 is 0. The van der Waals surface area contributed by atoms with Gasteiger partial charge in [0.25, 0.3) is 0 Å². The van der Waals surface area contributed by atoms with Gasteiger partial charge in [0.2, 0.25) is 0 Å². The molecule has 0 spiro atoms. The molecule has 0 heterocycles. The van der Waals surface area contributed by atoms with Crippen LogP contribution in [-0.2, 0) is 4.74 Å². The maximum atomic E-state index is 10.8. The molecule has 0 saturated heterocycles. The first-order valence-corrected chi connectivity index (χ1v) is 7.68. The Kier molecular flexibility index (Phi) is 4.27. The van der Waals surface area contributed by atoms with E-state index >= 15 is 0 Å². The third kappa shape index (κ3) is 2.70. The zero-order valence-corrected chi connectivity index (χ0v) is 12.1. The molecule has 0 amide bonds. The molecule has 4 atom stereocenters. The molecule has 2 aliphatic carbocycles. The van der Waals surface area contributed by atoms with Crippen LogP contribution in [0.1, 0.15) is 37.4 Å². The van der Waals surface area contributed by atoms with Crippen molar-refractivity contribution in [2.45, 2.75) is 31.8 Å². The average molecular weight is 276 g/mol. The zero-order valence-electron chi connectivity index (χ0n) is 12.1. The SMILES string of the molecule is COCCOc1ccccc1C(O)C1CC2CCC1C2. The average Bonchev–Trinajstić information content (AvgIpc) is 3.10. The molecule has 0 aliphatic heterocycles. The van der Waals surface area contributed by atoms with Crippen LogP contribution >= 0.6 is 0 Å². The molecule has 4 unspecified atom stereocenters. The summed E-state index contributed by atoms with van der Waals surface area (Å²) in [4.78, 5) is 0. The number of aliphatic hydroxyl groups excluding tert-OH is 1. The number of hydrogen-bond donors (Lipinski definition) is 1. The third-order valence-electron chi connectivity index (χ3n) is 4.98. The lowest BCUT2D eigenvalue weighted by molar-refractivity contribution is 0.0702. The highest BCUT2D eigenvalue weighted by Gasteiger charge is 2.43. The molecule has 1 aromatic carbocycles. The van der Waals surface area contributed by atoms with Crippen molar-refractivity contribution in [2.75, 3.05) is 20.3 Å². The maximum Gasteiger partial charge on any atom is 0.125 e. The lowest BCUT2D eigenvalue weighted by atomic mass is 9.82. The van der Waals surface area contributed by atoms with E-state index < -0.39 is 0 Å². The molecular formula is C17H24O3. The van der Waals surface area contributed by atoms with E-state index in [0.717, 1.165) is 17.2 Å². The van der Waals surface area contributed by atoms with E-state index in [2.05, 4.69) is 0 Å². The standard InChI is InChI=1S/C17H24O3/c1-19-8-9-20-16-5-3-2-4-14(16)17(18)15-11-12-6-7-13(15)10-12/h2-5,12-13,15,17-18H,6-11H2,1H3. The van der Waals surface area contributed by atoms with Crippen molar-refractivity contribution in [2.24, 2.45) is 17.8 Å². The summed E-state index contributed by atoms with van der Waals surface area (Å²) in [7, 11) is 1.67. The summed E-state index contributed by atoms with van der Waals surface area (Å²) < 4.78 is 10.8. The summed E-state index contributed by atoms with van der Waals surface area (Å²) in [5.74, 6) is 2.78. The van der Waals surface area contributed by atoms with E-state index in [-0.39, 0.29) is 6.10 Å². The van der Waals surface area contributed by atoms with E-state index in [9.17, 15) is 5.11 Å². The molecule has 1 aromatic rings. The highest BCUT2D eigenvalue weighted by molar-refractivity contribution is 5.35. The molecule has 1 N–H and O–H groups in total. The van der Waals surface area contributed by atoms with Crippen LogP contribution in [0.5, 0.6) is 5.75 Å². The normalized spacial score (nSPS) is 29.6. The van der Waals surface area contributed by atoms with E-state index in [4.69, 9.17) is 9.47 Å². The molecule has 3 nitrogen and oxygen atoms in total. The van der Waals surface area contributed by atoms with Crippen molar-refractivity contribution in [3.8, 4) is 5.75 Å². The van der Waals surface area contributed by atoms with E-state index in [1.165, 1.54) is 25.7 Å². The van der Waals surface area contributed by atoms with Gasteiger partial charge in [0, 0.05) is 12.7 Å². The lowest BCUT2D eigenvalue weighted by Crippen LogP contribution is -2.20. The number of ether oxygens (including phenoxy) is 2. The fourth-order valence-corrected chi connectivity index (χ4v) is 4.00. The van der Waals surface area contributed by atoms with Gasteiger partial charge in [-0.25, -0.2) is 0 Å². The third-order valence-corrected chi connectivity index (χ3v) is 4.98. The fraction of sp³-hybridized carbons (Fsp3) is 0.647. The summed E-state index contributed by atoms with van der Waals surface area (Å²) in [6.45, 7) is 1.09. The second-order valence-corrected chi connectivity index (χ2v) is 6.16. The van der Waals surface area contributed by atoms with Crippen LogP contribution in [-0.4, -0.2) is 25.4 Å². The van der Waals surface area contributed by atoms with Crippen LogP contribution in [0.3, 0.4) is 0 Å². The molecule has 110 valence electrons. The van der Waals surface area contributed by atoms with Gasteiger partial charge in [-0.15, -0.1) is 0 Å². The summed E-state index contributed by atoms with van der Waals surface area (Å²) in [5, 5.41) is 10.8. The van der Waals surface area contributed by atoms with Gasteiger partial charge in [-0.05, 0) is 43.1 Å². The quantitative estimate of drug-likeness (QED) is 0.811. The van der Waals surface area contributed by atoms with Gasteiger partial charge in [-0.3, -0.25) is 0 Å². The van der Waals surface area contributed by atoms with Crippen molar-refractivity contribution < 1.29 is 14.6 Å². The van der Waals surface area contributed by atoms with Gasteiger partial charge in [0.05, 0.1) is 12.7 Å². The predicted molar refractivity (Wildman–Crippen MR) is 77.7 cm³/mol. The van der Waals surface area contributed by atoms with Crippen molar-refractivity contribution >= 4 is 0 Å². The molecule has 0 radical (unpaired) electrons. The van der Waals surface area contributed by atoms with E-state index in [1.807, 2.05) is 24.3 Å². The number of methoxy groups -OCH3 is 1. The minimum Gasteiger partial charge on any atom is -0.491 e. The van der Waals surface area contributed by atoms with Crippen molar-refractivity contribution in [1.82, 2.24) is 0 Å². The zero-order chi connectivity index (χ0) is 13.9. The molecule has 3 heteroatoms. The van der Waals surface area contributed by atoms with Gasteiger partial charge in [-0.1, -0.05) is 24.6 Å². The monoisotopic (exact) mass is 276 g/mol. The molecule has 3 rings (SSSR count). The second kappa shape index (κ2) is 6.15. The van der Waals surface area contributed by atoms with Crippen LogP contribution in [0, 0.1) is 17.8 Å². The Morgan fingerprint density at radius 1 is 1.20 bits per heavy atom. The molecule has 2 bridgehead atoms. The van der Waals surface area contributed by atoms with Crippen LogP contribution in [0.2, 0.25) is 0 Å². The lowest BCUT2D eigenvalue weighted by Gasteiger charge is -2.28. The molecule has 2 fully saturated rings. The fourth-order valence-electron chi connectivity index (χ4n) is 4.00. The number of aliphatic hydroxyl groups is 1. The molecule has 2 saturated carbocycles. The Bertz CT molecular complexity index is 446. The van der Waals surface area contributed by atoms with Crippen LogP contribution in [0.25, 0.3) is 0 Å². The predicted octanol–water partition coefficient (Wildman–Crippen LogP) is 3.18. The van der Waals surface area contributed by atoms with Gasteiger partial charge >= 0.3 is 0 Å². The molecule has 0 aromatic heterocycles. The van der Waals surface area contributed by atoms with Crippen molar-refractivity contribution in [3.05, 3.63) is 29.8 Å². The molecule has 2 aliphatic rings. The Morgan fingerprint density at radius 2 is 2.05 bits per heavy atom. The first-order chi connectivity index (χ1) is 9.79. The maximum absolute atomic E-state index is 10.8. The smallest absolute Gasteiger partial charge is 0.125 e. The van der Waals surface area contributed by atoms with E-state index in [1.54, 1.807) is 7.11 Å². The van der Waals surface area contributed by atoms with Gasteiger partial charge in [0.15, 0.2) is 0 Å². The van der Waals surface area contributed by atoms with Crippen molar-refractivity contribution in [1.29, 1.82) is 0 Å². The van der Waals surface area contributed by atoms with Gasteiger partial charge in [0.1, 0.15) is 12.4 Å². The number of rotatable bonds is 6. The number of benzene rings is 1. The Morgan fingerprint density at radius 3 is 2.75 bits per heavy atom. The van der Waals surface area contributed by atoms with Crippen LogP contribution < -0.4 is 4.74 Å². The highest BCUT2D eigenvalue weighted by atomic mass is 16.5. The van der Waals surface area contributed by atoms with Crippen LogP contribution in [0.4, 0.5) is 0 Å². The number of hydrogen-bond acceptors (Lipinski definition) is 3. The minimum atomic E-state index is -0.385. The summed E-state index contributed by atoms with van der Waals surface area (Å²) in [6.07, 6.45) is 4.76. The number of fused-ring (bicyclic) bond motifs is 2. The van der Waals surface area contributed by atoms with Gasteiger partial charge in [-0.2, -0.15) is 0 Å². The van der Waals surface area contributed by atoms with Crippen LogP contribution in [0.15, 0.2) is 24.3 Å². The molecular weight excluding hydrogens is 252 g/mol. The Hall–Kier alpha value is -1.06. The minimum absolute atomic E-state index is 0.385. The first-order valence-electron chi connectivity index (χ1n) is 7.68. The summed E-state index contributed by atoms with van der Waals surface area (Å²) in [6, 6.07) is 7.88. The van der Waals surface area contributed by atoms with Gasteiger partial charge < -0.3 is 14.6 Å². The largest absolute Gasteiger partial charge is 0.491 e.